The number of hydrogen-bond donors (Lipinski definition) is 2. The van der Waals surface area contributed by atoms with Crippen LogP contribution in [0.4, 0.5) is 0 Å². The third-order valence-corrected chi connectivity index (χ3v) is 5.51. The summed E-state index contributed by atoms with van der Waals surface area (Å²) in [5.41, 5.74) is 5.32. The zero-order valence-electron chi connectivity index (χ0n) is 11.9. The van der Waals surface area contributed by atoms with Crippen LogP contribution >= 0.6 is 24.0 Å². The second-order valence-corrected chi connectivity index (χ2v) is 6.61. The van der Waals surface area contributed by atoms with Crippen molar-refractivity contribution in [2.45, 2.75) is 37.1 Å². The lowest BCUT2D eigenvalue weighted by atomic mass is 9.95. The molecule has 1 aromatic carbocycles. The molecule has 0 radical (unpaired) electrons. The Bertz CT molecular complexity index is 615. The second kappa shape index (κ2) is 7.97. The maximum absolute atomic E-state index is 12.4. The van der Waals surface area contributed by atoms with Gasteiger partial charge in [0.15, 0.2) is 0 Å². The molecule has 0 saturated heterocycles. The summed E-state index contributed by atoms with van der Waals surface area (Å²) in [7, 11) is -3.78. The molecule has 0 unspecified atom stereocenters. The number of nitrogens with two attached hydrogens (primary N) is 1. The van der Waals surface area contributed by atoms with Gasteiger partial charge in [0.05, 0.1) is 16.7 Å². The van der Waals surface area contributed by atoms with Crippen LogP contribution < -0.4 is 10.5 Å². The number of nitrogens with one attached hydrogen (secondary N) is 1. The summed E-state index contributed by atoms with van der Waals surface area (Å²) in [6.45, 7) is 3.95. The normalized spacial score (nSPS) is 11.6. The van der Waals surface area contributed by atoms with Gasteiger partial charge in [0, 0.05) is 12.1 Å². The van der Waals surface area contributed by atoms with Crippen LogP contribution in [-0.2, 0) is 10.0 Å². The van der Waals surface area contributed by atoms with Gasteiger partial charge >= 0.3 is 0 Å². The molecule has 118 valence electrons. The Balaban J connectivity index is 0.00000400. The Morgan fingerprint density at radius 1 is 1.38 bits per heavy atom. The Kier molecular flexibility index (Phi) is 7.65. The SMILES string of the molecule is CCC(CC)(CN)NS(=O)(=O)c1ccc(C#N)cc1Cl.Cl. The highest BCUT2D eigenvalue weighted by molar-refractivity contribution is 7.89. The Hall–Kier alpha value is -0.840. The third kappa shape index (κ3) is 4.56. The lowest BCUT2D eigenvalue weighted by Crippen LogP contribution is -2.52. The maximum Gasteiger partial charge on any atom is 0.242 e. The molecule has 0 atom stereocenters. The molecule has 0 aliphatic carbocycles. The van der Waals surface area contributed by atoms with E-state index in [-0.39, 0.29) is 28.9 Å². The zero-order valence-corrected chi connectivity index (χ0v) is 14.3. The van der Waals surface area contributed by atoms with Gasteiger partial charge < -0.3 is 5.73 Å². The van der Waals surface area contributed by atoms with Crippen LogP contribution in [0.3, 0.4) is 0 Å². The average Bonchev–Trinajstić information content (AvgIpc) is 2.44. The molecule has 0 fully saturated rings. The first-order valence-electron chi connectivity index (χ1n) is 6.28. The molecule has 0 spiro atoms. The fourth-order valence-electron chi connectivity index (χ4n) is 1.85. The van der Waals surface area contributed by atoms with E-state index < -0.39 is 15.6 Å². The number of sulfonamides is 1. The van der Waals surface area contributed by atoms with E-state index >= 15 is 0 Å². The maximum atomic E-state index is 12.4. The van der Waals surface area contributed by atoms with Crippen molar-refractivity contribution >= 4 is 34.0 Å². The average molecular weight is 352 g/mol. The molecule has 0 amide bonds. The van der Waals surface area contributed by atoms with Gasteiger partial charge in [-0.05, 0) is 31.0 Å². The smallest absolute Gasteiger partial charge is 0.242 e. The summed E-state index contributed by atoms with van der Waals surface area (Å²) in [6.07, 6.45) is 1.15. The molecule has 21 heavy (non-hydrogen) atoms. The minimum Gasteiger partial charge on any atom is -0.329 e. The van der Waals surface area contributed by atoms with Crippen LogP contribution in [-0.4, -0.2) is 20.5 Å². The van der Waals surface area contributed by atoms with Crippen molar-refractivity contribution in [1.82, 2.24) is 4.72 Å². The first-order chi connectivity index (χ1) is 9.34. The summed E-state index contributed by atoms with van der Waals surface area (Å²) in [5.74, 6) is 0. The van der Waals surface area contributed by atoms with Crippen LogP contribution in [0.5, 0.6) is 0 Å². The largest absolute Gasteiger partial charge is 0.329 e. The molecule has 0 saturated carbocycles. The molecular formula is C13H19Cl2N3O2S. The minimum absolute atomic E-state index is 0. The van der Waals surface area contributed by atoms with Gasteiger partial charge in [0.25, 0.3) is 0 Å². The predicted molar refractivity (Wildman–Crippen MR) is 86.1 cm³/mol. The van der Waals surface area contributed by atoms with Crippen LogP contribution in [0, 0.1) is 11.3 Å². The van der Waals surface area contributed by atoms with E-state index in [0.29, 0.717) is 18.4 Å². The summed E-state index contributed by atoms with van der Waals surface area (Å²) >= 11 is 5.95. The topological polar surface area (TPSA) is 96.0 Å². The Morgan fingerprint density at radius 3 is 2.33 bits per heavy atom. The fourth-order valence-corrected chi connectivity index (χ4v) is 3.95. The lowest BCUT2D eigenvalue weighted by Gasteiger charge is -2.31. The molecule has 8 heteroatoms. The third-order valence-electron chi connectivity index (χ3n) is 3.45. The molecule has 0 aromatic heterocycles. The van der Waals surface area contributed by atoms with E-state index in [2.05, 4.69) is 4.72 Å². The molecule has 1 aromatic rings. The van der Waals surface area contributed by atoms with Crippen molar-refractivity contribution in [3.63, 3.8) is 0 Å². The molecule has 0 heterocycles. The Morgan fingerprint density at radius 2 is 1.95 bits per heavy atom. The summed E-state index contributed by atoms with van der Waals surface area (Å²) in [4.78, 5) is -0.0436. The van der Waals surface area contributed by atoms with Crippen LogP contribution in [0.2, 0.25) is 5.02 Å². The van der Waals surface area contributed by atoms with E-state index in [1.54, 1.807) is 0 Å². The van der Waals surface area contributed by atoms with Gasteiger partial charge in [-0.15, -0.1) is 12.4 Å². The number of benzene rings is 1. The van der Waals surface area contributed by atoms with E-state index in [9.17, 15) is 8.42 Å². The highest BCUT2D eigenvalue weighted by atomic mass is 35.5. The number of halogens is 2. The summed E-state index contributed by atoms with van der Waals surface area (Å²) in [6, 6.07) is 5.99. The van der Waals surface area contributed by atoms with Gasteiger partial charge in [-0.2, -0.15) is 5.26 Å². The van der Waals surface area contributed by atoms with E-state index in [1.807, 2.05) is 19.9 Å². The molecule has 1 rings (SSSR count). The second-order valence-electron chi connectivity index (χ2n) is 4.55. The summed E-state index contributed by atoms with van der Waals surface area (Å²) < 4.78 is 27.5. The number of rotatable bonds is 6. The standard InChI is InChI=1S/C13H18ClN3O2S.ClH/c1-3-13(4-2,9-16)17-20(18,19)12-6-5-10(8-15)7-11(12)14;/h5-7,17H,3-4,9,16H2,1-2H3;1H. The summed E-state index contributed by atoms with van der Waals surface area (Å²) in [5, 5.41) is 8.79. The van der Waals surface area contributed by atoms with E-state index in [4.69, 9.17) is 22.6 Å². The minimum atomic E-state index is -3.78. The van der Waals surface area contributed by atoms with Crippen LogP contribution in [0.1, 0.15) is 32.3 Å². The highest BCUT2D eigenvalue weighted by Gasteiger charge is 2.31. The van der Waals surface area contributed by atoms with Crippen molar-refractivity contribution < 1.29 is 8.42 Å². The van der Waals surface area contributed by atoms with Crippen molar-refractivity contribution in [3.8, 4) is 6.07 Å². The van der Waals surface area contributed by atoms with Gasteiger partial charge in [-0.3, -0.25) is 0 Å². The van der Waals surface area contributed by atoms with Crippen LogP contribution in [0.15, 0.2) is 23.1 Å². The monoisotopic (exact) mass is 351 g/mol. The number of nitriles is 1. The van der Waals surface area contributed by atoms with Gasteiger partial charge in [0.1, 0.15) is 4.90 Å². The van der Waals surface area contributed by atoms with E-state index in [0.717, 1.165) is 0 Å². The van der Waals surface area contributed by atoms with Gasteiger partial charge in [0.2, 0.25) is 10.0 Å². The van der Waals surface area contributed by atoms with Gasteiger partial charge in [-0.25, -0.2) is 13.1 Å². The molecule has 0 bridgehead atoms. The lowest BCUT2D eigenvalue weighted by molar-refractivity contribution is 0.363. The molecule has 5 nitrogen and oxygen atoms in total. The predicted octanol–water partition coefficient (Wildman–Crippen LogP) is 2.43. The molecule has 3 N–H and O–H groups in total. The Labute approximate surface area is 136 Å². The van der Waals surface area contributed by atoms with Crippen molar-refractivity contribution in [2.75, 3.05) is 6.54 Å². The van der Waals surface area contributed by atoms with Crippen molar-refractivity contribution in [3.05, 3.63) is 28.8 Å². The first kappa shape index (κ1) is 20.2. The van der Waals surface area contributed by atoms with Gasteiger partial charge in [-0.1, -0.05) is 25.4 Å². The first-order valence-corrected chi connectivity index (χ1v) is 8.14. The fraction of sp³-hybridized carbons (Fsp3) is 0.462. The van der Waals surface area contributed by atoms with Crippen LogP contribution in [0.25, 0.3) is 0 Å². The molecule has 0 aliphatic heterocycles. The number of nitrogens with zero attached hydrogens (tertiary/aromatic N) is 1. The zero-order chi connectivity index (χ0) is 15.4. The van der Waals surface area contributed by atoms with Crippen molar-refractivity contribution in [2.24, 2.45) is 5.73 Å². The number of hydrogen-bond acceptors (Lipinski definition) is 4. The quantitative estimate of drug-likeness (QED) is 0.822. The highest BCUT2D eigenvalue weighted by Crippen LogP contribution is 2.25. The molecular weight excluding hydrogens is 333 g/mol. The molecule has 0 aliphatic rings. The van der Waals surface area contributed by atoms with Crippen molar-refractivity contribution in [1.29, 1.82) is 5.26 Å². The van der Waals surface area contributed by atoms with E-state index in [1.165, 1.54) is 18.2 Å².